The van der Waals surface area contributed by atoms with Gasteiger partial charge in [0.05, 0.1) is 0 Å². The molecule has 112 valence electrons. The number of amides is 1. The Morgan fingerprint density at radius 3 is 2.82 bits per heavy atom. The van der Waals surface area contributed by atoms with Gasteiger partial charge in [-0.05, 0) is 42.7 Å². The van der Waals surface area contributed by atoms with Crippen molar-refractivity contribution in [2.45, 2.75) is 27.2 Å². The molecule has 0 atom stereocenters. The van der Waals surface area contributed by atoms with Crippen molar-refractivity contribution >= 4 is 22.7 Å². The van der Waals surface area contributed by atoms with Crippen molar-refractivity contribution in [2.24, 2.45) is 0 Å². The molecule has 0 aliphatic heterocycles. The van der Waals surface area contributed by atoms with Gasteiger partial charge in [0.1, 0.15) is 5.52 Å². The number of aromatic nitrogens is 1. The van der Waals surface area contributed by atoms with Crippen LogP contribution in [0.4, 0.5) is 5.69 Å². The maximum absolute atomic E-state index is 12.5. The molecule has 3 aromatic rings. The third-order valence-corrected chi connectivity index (χ3v) is 3.74. The van der Waals surface area contributed by atoms with Crippen LogP contribution in [0.1, 0.15) is 34.3 Å². The molecule has 1 aromatic heterocycles. The van der Waals surface area contributed by atoms with E-state index in [1.165, 1.54) is 0 Å². The third-order valence-electron chi connectivity index (χ3n) is 3.74. The molecule has 2 aromatic carbocycles. The molecule has 22 heavy (non-hydrogen) atoms. The molecule has 0 unspecified atom stereocenters. The summed E-state index contributed by atoms with van der Waals surface area (Å²) < 4.78 is 5.43. The van der Waals surface area contributed by atoms with Gasteiger partial charge < -0.3 is 9.73 Å². The first-order valence-corrected chi connectivity index (χ1v) is 7.35. The van der Waals surface area contributed by atoms with E-state index in [4.69, 9.17) is 4.42 Å². The van der Waals surface area contributed by atoms with Gasteiger partial charge in [-0.3, -0.25) is 4.79 Å². The van der Waals surface area contributed by atoms with E-state index in [1.807, 2.05) is 25.1 Å². The molecule has 0 saturated heterocycles. The molecule has 1 heterocycles. The van der Waals surface area contributed by atoms with Gasteiger partial charge in [0.25, 0.3) is 5.91 Å². The van der Waals surface area contributed by atoms with E-state index in [-0.39, 0.29) is 5.91 Å². The molecule has 4 heteroatoms. The van der Waals surface area contributed by atoms with E-state index < -0.39 is 0 Å². The second kappa shape index (κ2) is 5.64. The summed E-state index contributed by atoms with van der Waals surface area (Å²) in [6, 6.07) is 11.3. The summed E-state index contributed by atoms with van der Waals surface area (Å²) in [5.41, 5.74) is 5.06. The number of hydrogen-bond acceptors (Lipinski definition) is 3. The topological polar surface area (TPSA) is 55.1 Å². The lowest BCUT2D eigenvalue weighted by atomic mass is 10.1. The number of anilines is 1. The van der Waals surface area contributed by atoms with Gasteiger partial charge in [-0.15, -0.1) is 0 Å². The van der Waals surface area contributed by atoms with Crippen LogP contribution in [-0.2, 0) is 6.42 Å². The predicted molar refractivity (Wildman–Crippen MR) is 87.3 cm³/mol. The second-order valence-electron chi connectivity index (χ2n) is 5.33. The number of benzene rings is 2. The first-order valence-electron chi connectivity index (χ1n) is 7.35. The van der Waals surface area contributed by atoms with Gasteiger partial charge >= 0.3 is 0 Å². The maximum atomic E-state index is 12.5. The quantitative estimate of drug-likeness (QED) is 0.785. The van der Waals surface area contributed by atoms with Crippen molar-refractivity contribution in [2.75, 3.05) is 5.32 Å². The SMILES string of the molecule is CCc1cccc(C)c1NC(=O)c1ccc2oc(C)nc2c1. The van der Waals surface area contributed by atoms with Crippen LogP contribution in [0.2, 0.25) is 0 Å². The predicted octanol–water partition coefficient (Wildman–Crippen LogP) is 4.26. The number of hydrogen-bond donors (Lipinski definition) is 1. The zero-order valence-electron chi connectivity index (χ0n) is 12.9. The van der Waals surface area contributed by atoms with Crippen molar-refractivity contribution in [1.29, 1.82) is 0 Å². The molecule has 0 spiro atoms. The van der Waals surface area contributed by atoms with Crippen molar-refractivity contribution in [1.82, 2.24) is 4.98 Å². The molecule has 1 amide bonds. The number of nitrogens with one attached hydrogen (secondary N) is 1. The number of carbonyl (C=O) groups is 1. The Labute approximate surface area is 129 Å². The standard InChI is InChI=1S/C18H18N2O2/c1-4-13-7-5-6-11(2)17(13)20-18(21)14-8-9-16-15(10-14)19-12(3)22-16/h5-10H,4H2,1-3H3,(H,20,21). The number of rotatable bonds is 3. The van der Waals surface area contributed by atoms with Crippen molar-refractivity contribution in [3.8, 4) is 0 Å². The van der Waals surface area contributed by atoms with E-state index in [9.17, 15) is 4.79 Å². The van der Waals surface area contributed by atoms with Crippen LogP contribution in [0, 0.1) is 13.8 Å². The fourth-order valence-corrected chi connectivity index (χ4v) is 2.57. The van der Waals surface area contributed by atoms with E-state index in [0.717, 1.165) is 23.2 Å². The monoisotopic (exact) mass is 294 g/mol. The molecule has 1 N–H and O–H groups in total. The van der Waals surface area contributed by atoms with Crippen molar-refractivity contribution < 1.29 is 9.21 Å². The highest BCUT2D eigenvalue weighted by atomic mass is 16.3. The van der Waals surface area contributed by atoms with Gasteiger partial charge in [0.15, 0.2) is 11.5 Å². The lowest BCUT2D eigenvalue weighted by Gasteiger charge is -2.12. The number of fused-ring (bicyclic) bond motifs is 1. The highest BCUT2D eigenvalue weighted by molar-refractivity contribution is 6.06. The number of para-hydroxylation sites is 1. The Kier molecular flexibility index (Phi) is 3.67. The molecule has 0 bridgehead atoms. The molecule has 0 saturated carbocycles. The van der Waals surface area contributed by atoms with E-state index in [0.29, 0.717) is 22.6 Å². The first-order chi connectivity index (χ1) is 10.6. The van der Waals surface area contributed by atoms with Crippen LogP contribution in [0.3, 0.4) is 0 Å². The Hall–Kier alpha value is -2.62. The molecule has 3 rings (SSSR count). The fourth-order valence-electron chi connectivity index (χ4n) is 2.57. The Bertz CT molecular complexity index is 849. The Balaban J connectivity index is 1.93. The van der Waals surface area contributed by atoms with Crippen molar-refractivity contribution in [3.05, 3.63) is 59.0 Å². The normalized spacial score (nSPS) is 10.9. The Morgan fingerprint density at radius 2 is 2.05 bits per heavy atom. The van der Waals surface area contributed by atoms with Crippen LogP contribution in [0.25, 0.3) is 11.1 Å². The van der Waals surface area contributed by atoms with Gasteiger partial charge in [-0.2, -0.15) is 0 Å². The van der Waals surface area contributed by atoms with E-state index in [1.54, 1.807) is 25.1 Å². The first kappa shape index (κ1) is 14.3. The van der Waals surface area contributed by atoms with Gasteiger partial charge in [-0.25, -0.2) is 4.98 Å². The molecular formula is C18H18N2O2. The molecule has 0 radical (unpaired) electrons. The minimum Gasteiger partial charge on any atom is -0.441 e. The van der Waals surface area contributed by atoms with Gasteiger partial charge in [0.2, 0.25) is 0 Å². The van der Waals surface area contributed by atoms with Crippen LogP contribution in [0.15, 0.2) is 40.8 Å². The van der Waals surface area contributed by atoms with Crippen LogP contribution >= 0.6 is 0 Å². The fraction of sp³-hybridized carbons (Fsp3) is 0.222. The van der Waals surface area contributed by atoms with Crippen LogP contribution < -0.4 is 5.32 Å². The summed E-state index contributed by atoms with van der Waals surface area (Å²) >= 11 is 0. The molecule has 4 nitrogen and oxygen atoms in total. The average Bonchev–Trinajstić information content (AvgIpc) is 2.88. The minimum atomic E-state index is -0.133. The van der Waals surface area contributed by atoms with Crippen LogP contribution in [-0.4, -0.2) is 10.9 Å². The zero-order chi connectivity index (χ0) is 15.7. The zero-order valence-corrected chi connectivity index (χ0v) is 12.9. The summed E-state index contributed by atoms with van der Waals surface area (Å²) in [7, 11) is 0. The molecule has 0 aliphatic rings. The minimum absolute atomic E-state index is 0.133. The van der Waals surface area contributed by atoms with Gasteiger partial charge in [0, 0.05) is 18.2 Å². The summed E-state index contributed by atoms with van der Waals surface area (Å²) in [6.07, 6.45) is 0.874. The summed E-state index contributed by atoms with van der Waals surface area (Å²) in [6.45, 7) is 5.87. The number of carbonyl (C=O) groups excluding carboxylic acids is 1. The summed E-state index contributed by atoms with van der Waals surface area (Å²) in [5.74, 6) is 0.464. The smallest absolute Gasteiger partial charge is 0.255 e. The summed E-state index contributed by atoms with van der Waals surface area (Å²) in [4.78, 5) is 16.8. The van der Waals surface area contributed by atoms with E-state index >= 15 is 0 Å². The highest BCUT2D eigenvalue weighted by Gasteiger charge is 2.12. The molecular weight excluding hydrogens is 276 g/mol. The van der Waals surface area contributed by atoms with Crippen LogP contribution in [0.5, 0.6) is 0 Å². The Morgan fingerprint density at radius 1 is 1.23 bits per heavy atom. The second-order valence-corrected chi connectivity index (χ2v) is 5.33. The number of nitrogens with zero attached hydrogens (tertiary/aromatic N) is 1. The molecule has 0 fully saturated rings. The maximum Gasteiger partial charge on any atom is 0.255 e. The number of oxazole rings is 1. The van der Waals surface area contributed by atoms with Gasteiger partial charge in [-0.1, -0.05) is 25.1 Å². The average molecular weight is 294 g/mol. The highest BCUT2D eigenvalue weighted by Crippen LogP contribution is 2.23. The lowest BCUT2D eigenvalue weighted by molar-refractivity contribution is 0.102. The lowest BCUT2D eigenvalue weighted by Crippen LogP contribution is -2.14. The van der Waals surface area contributed by atoms with E-state index in [2.05, 4.69) is 17.2 Å². The third kappa shape index (κ3) is 2.60. The number of aryl methyl sites for hydroxylation is 3. The largest absolute Gasteiger partial charge is 0.441 e. The van der Waals surface area contributed by atoms with Crippen molar-refractivity contribution in [3.63, 3.8) is 0 Å². The molecule has 0 aliphatic carbocycles. The summed E-state index contributed by atoms with van der Waals surface area (Å²) in [5, 5.41) is 3.02.